The summed E-state index contributed by atoms with van der Waals surface area (Å²) in [6, 6.07) is 6.13. The number of rotatable bonds is 5. The van der Waals surface area contributed by atoms with Gasteiger partial charge in [-0.1, -0.05) is 0 Å². The van der Waals surface area contributed by atoms with Crippen molar-refractivity contribution in [3.8, 4) is 5.75 Å². The molecule has 6 nitrogen and oxygen atoms in total. The Labute approximate surface area is 130 Å². The zero-order valence-corrected chi connectivity index (χ0v) is 13.1. The Hall–Kier alpha value is -2.08. The van der Waals surface area contributed by atoms with Gasteiger partial charge in [-0.05, 0) is 26.0 Å². The lowest BCUT2D eigenvalue weighted by Gasteiger charge is -2.35. The average molecular weight is 302 g/mol. The third-order valence-electron chi connectivity index (χ3n) is 4.22. The SMILES string of the molecule is CCOc1ccc2nc(C(C)N3CCN(C=O)CC3)[nH]c2c1. The minimum atomic E-state index is 0.205. The number of piperazine rings is 1. The maximum absolute atomic E-state index is 10.8. The quantitative estimate of drug-likeness (QED) is 0.856. The lowest BCUT2D eigenvalue weighted by molar-refractivity contribution is -0.120. The number of nitrogens with zero attached hydrogens (tertiary/aromatic N) is 3. The molecule has 1 N–H and O–H groups in total. The van der Waals surface area contributed by atoms with Crippen molar-refractivity contribution in [3.63, 3.8) is 0 Å². The van der Waals surface area contributed by atoms with E-state index in [4.69, 9.17) is 9.72 Å². The van der Waals surface area contributed by atoms with Gasteiger partial charge in [0, 0.05) is 32.2 Å². The van der Waals surface area contributed by atoms with E-state index in [2.05, 4.69) is 16.8 Å². The monoisotopic (exact) mass is 302 g/mol. The fourth-order valence-electron chi connectivity index (χ4n) is 2.87. The molecular weight excluding hydrogens is 280 g/mol. The normalized spacial score (nSPS) is 17.6. The number of hydrogen-bond acceptors (Lipinski definition) is 4. The van der Waals surface area contributed by atoms with Crippen molar-refractivity contribution in [1.29, 1.82) is 0 Å². The van der Waals surface area contributed by atoms with E-state index in [-0.39, 0.29) is 6.04 Å². The smallest absolute Gasteiger partial charge is 0.209 e. The minimum Gasteiger partial charge on any atom is -0.494 e. The molecule has 1 aromatic carbocycles. The van der Waals surface area contributed by atoms with Crippen molar-refractivity contribution < 1.29 is 9.53 Å². The van der Waals surface area contributed by atoms with Crippen LogP contribution in [0.15, 0.2) is 18.2 Å². The number of nitrogens with one attached hydrogen (secondary N) is 1. The first kappa shape index (κ1) is 14.8. The zero-order chi connectivity index (χ0) is 15.5. The summed E-state index contributed by atoms with van der Waals surface area (Å²) < 4.78 is 5.53. The Morgan fingerprint density at radius 3 is 2.82 bits per heavy atom. The number of imidazole rings is 1. The molecule has 0 spiro atoms. The summed E-state index contributed by atoms with van der Waals surface area (Å²) in [5.41, 5.74) is 1.95. The summed E-state index contributed by atoms with van der Waals surface area (Å²) in [6.07, 6.45) is 0.929. The number of aromatic amines is 1. The van der Waals surface area contributed by atoms with Crippen molar-refractivity contribution in [2.45, 2.75) is 19.9 Å². The van der Waals surface area contributed by atoms with E-state index in [0.29, 0.717) is 6.61 Å². The molecule has 0 radical (unpaired) electrons. The van der Waals surface area contributed by atoms with Crippen LogP contribution in [0.25, 0.3) is 11.0 Å². The minimum absolute atomic E-state index is 0.205. The number of H-pyrrole nitrogens is 1. The van der Waals surface area contributed by atoms with E-state index >= 15 is 0 Å². The van der Waals surface area contributed by atoms with Gasteiger partial charge in [-0.25, -0.2) is 4.98 Å². The van der Waals surface area contributed by atoms with Crippen LogP contribution in [0.2, 0.25) is 0 Å². The van der Waals surface area contributed by atoms with Crippen molar-refractivity contribution in [3.05, 3.63) is 24.0 Å². The standard InChI is InChI=1S/C16H22N4O2/c1-3-22-13-4-5-14-15(10-13)18-16(17-14)12(2)20-8-6-19(11-21)7-9-20/h4-5,10-12H,3,6-9H2,1-2H3,(H,17,18). The van der Waals surface area contributed by atoms with Crippen LogP contribution in [0.3, 0.4) is 0 Å². The first-order chi connectivity index (χ1) is 10.7. The largest absolute Gasteiger partial charge is 0.494 e. The van der Waals surface area contributed by atoms with E-state index in [9.17, 15) is 4.79 Å². The van der Waals surface area contributed by atoms with E-state index < -0.39 is 0 Å². The van der Waals surface area contributed by atoms with Gasteiger partial charge >= 0.3 is 0 Å². The molecule has 0 bridgehead atoms. The number of aromatic nitrogens is 2. The van der Waals surface area contributed by atoms with E-state index in [0.717, 1.165) is 55.2 Å². The first-order valence-corrected chi connectivity index (χ1v) is 7.77. The number of benzene rings is 1. The molecule has 1 unspecified atom stereocenters. The van der Waals surface area contributed by atoms with E-state index in [1.165, 1.54) is 0 Å². The van der Waals surface area contributed by atoms with Gasteiger partial charge in [-0.2, -0.15) is 0 Å². The number of ether oxygens (including phenoxy) is 1. The molecule has 1 amide bonds. The Bertz CT molecular complexity index is 647. The summed E-state index contributed by atoms with van der Waals surface area (Å²) in [5.74, 6) is 1.82. The summed E-state index contributed by atoms with van der Waals surface area (Å²) in [4.78, 5) is 23.0. The van der Waals surface area contributed by atoms with Gasteiger partial charge < -0.3 is 14.6 Å². The van der Waals surface area contributed by atoms with E-state index in [1.54, 1.807) is 0 Å². The Morgan fingerprint density at radius 1 is 1.36 bits per heavy atom. The fraction of sp³-hybridized carbons (Fsp3) is 0.500. The van der Waals surface area contributed by atoms with E-state index in [1.807, 2.05) is 30.0 Å². The summed E-state index contributed by atoms with van der Waals surface area (Å²) in [5, 5.41) is 0. The number of hydrogen-bond donors (Lipinski definition) is 1. The van der Waals surface area contributed by atoms with Gasteiger partial charge in [-0.3, -0.25) is 9.69 Å². The number of amides is 1. The fourth-order valence-corrected chi connectivity index (χ4v) is 2.87. The Morgan fingerprint density at radius 2 is 2.14 bits per heavy atom. The predicted molar refractivity (Wildman–Crippen MR) is 84.9 cm³/mol. The zero-order valence-electron chi connectivity index (χ0n) is 13.1. The third kappa shape index (κ3) is 2.92. The molecule has 1 aliphatic rings. The molecule has 22 heavy (non-hydrogen) atoms. The van der Waals surface area contributed by atoms with Crippen molar-refractivity contribution >= 4 is 17.4 Å². The molecule has 0 aliphatic carbocycles. The molecule has 118 valence electrons. The summed E-state index contributed by atoms with van der Waals surface area (Å²) in [7, 11) is 0. The number of fused-ring (bicyclic) bond motifs is 1. The maximum atomic E-state index is 10.8. The van der Waals surface area contributed by atoms with Crippen LogP contribution in [0, 0.1) is 0 Å². The maximum Gasteiger partial charge on any atom is 0.209 e. The summed E-state index contributed by atoms with van der Waals surface area (Å²) in [6.45, 7) is 8.10. The predicted octanol–water partition coefficient (Wildman–Crippen LogP) is 1.80. The van der Waals surface area contributed by atoms with Gasteiger partial charge in [0.1, 0.15) is 11.6 Å². The van der Waals surface area contributed by atoms with Gasteiger partial charge in [-0.15, -0.1) is 0 Å². The highest BCUT2D eigenvalue weighted by molar-refractivity contribution is 5.76. The molecule has 2 aromatic rings. The van der Waals surface area contributed by atoms with Crippen molar-refractivity contribution in [2.75, 3.05) is 32.8 Å². The second-order valence-corrected chi connectivity index (χ2v) is 5.59. The van der Waals surface area contributed by atoms with Gasteiger partial charge in [0.05, 0.1) is 23.7 Å². The third-order valence-corrected chi connectivity index (χ3v) is 4.22. The molecular formula is C16H22N4O2. The Kier molecular flexibility index (Phi) is 4.29. The molecule has 1 atom stereocenters. The number of carbonyl (C=O) groups is 1. The van der Waals surface area contributed by atoms with Crippen LogP contribution in [0.1, 0.15) is 25.7 Å². The highest BCUT2D eigenvalue weighted by Crippen LogP contribution is 2.24. The van der Waals surface area contributed by atoms with Crippen LogP contribution in [0.5, 0.6) is 5.75 Å². The average Bonchev–Trinajstić information content (AvgIpc) is 2.98. The molecule has 1 aliphatic heterocycles. The number of carbonyl (C=O) groups excluding carboxylic acids is 1. The molecule has 1 fully saturated rings. The first-order valence-electron chi connectivity index (χ1n) is 7.77. The molecule has 2 heterocycles. The highest BCUT2D eigenvalue weighted by Gasteiger charge is 2.23. The van der Waals surface area contributed by atoms with Crippen molar-refractivity contribution in [2.24, 2.45) is 0 Å². The van der Waals surface area contributed by atoms with Crippen LogP contribution in [-0.2, 0) is 4.79 Å². The highest BCUT2D eigenvalue weighted by atomic mass is 16.5. The van der Waals surface area contributed by atoms with Crippen LogP contribution in [0.4, 0.5) is 0 Å². The van der Waals surface area contributed by atoms with Crippen LogP contribution in [-0.4, -0.2) is 59.0 Å². The molecule has 0 saturated carbocycles. The van der Waals surface area contributed by atoms with Crippen LogP contribution >= 0.6 is 0 Å². The second-order valence-electron chi connectivity index (χ2n) is 5.59. The Balaban J connectivity index is 1.76. The van der Waals surface area contributed by atoms with Gasteiger partial charge in [0.25, 0.3) is 0 Å². The van der Waals surface area contributed by atoms with Crippen molar-refractivity contribution in [1.82, 2.24) is 19.8 Å². The molecule has 3 rings (SSSR count). The molecule has 1 aromatic heterocycles. The molecule has 6 heteroatoms. The van der Waals surface area contributed by atoms with Crippen LogP contribution < -0.4 is 4.74 Å². The molecule has 1 saturated heterocycles. The summed E-state index contributed by atoms with van der Waals surface area (Å²) >= 11 is 0. The lowest BCUT2D eigenvalue weighted by atomic mass is 10.2. The lowest BCUT2D eigenvalue weighted by Crippen LogP contribution is -2.46. The second kappa shape index (κ2) is 6.36. The van der Waals surface area contributed by atoms with Gasteiger partial charge in [0.15, 0.2) is 0 Å². The van der Waals surface area contributed by atoms with Gasteiger partial charge in [0.2, 0.25) is 6.41 Å². The topological polar surface area (TPSA) is 61.5 Å².